The third-order valence-corrected chi connectivity index (χ3v) is 4.16. The SMILES string of the molecule is CCN1CCC(N(C)c2ccc([C@@H](C)O)nc2)CC1. The third kappa shape index (κ3) is 3.45. The molecule has 1 atom stereocenters. The molecule has 1 aromatic heterocycles. The van der Waals surface area contributed by atoms with Crippen LogP contribution in [0, 0.1) is 0 Å². The zero-order valence-electron chi connectivity index (χ0n) is 12.2. The number of aliphatic hydroxyl groups is 1. The van der Waals surface area contributed by atoms with Gasteiger partial charge in [-0.05, 0) is 38.4 Å². The van der Waals surface area contributed by atoms with Crippen LogP contribution in [0.15, 0.2) is 18.3 Å². The van der Waals surface area contributed by atoms with Crippen LogP contribution in [0.2, 0.25) is 0 Å². The van der Waals surface area contributed by atoms with Crippen molar-refractivity contribution in [2.75, 3.05) is 31.6 Å². The first-order chi connectivity index (χ1) is 9.11. The first-order valence-corrected chi connectivity index (χ1v) is 7.21. The van der Waals surface area contributed by atoms with Crippen molar-refractivity contribution in [3.8, 4) is 0 Å². The van der Waals surface area contributed by atoms with Crippen LogP contribution in [0.1, 0.15) is 38.5 Å². The monoisotopic (exact) mass is 263 g/mol. The minimum Gasteiger partial charge on any atom is -0.387 e. The summed E-state index contributed by atoms with van der Waals surface area (Å²) in [6.45, 7) is 7.49. The largest absolute Gasteiger partial charge is 0.387 e. The van der Waals surface area contributed by atoms with E-state index in [1.165, 1.54) is 25.9 Å². The van der Waals surface area contributed by atoms with Crippen LogP contribution in [0.25, 0.3) is 0 Å². The van der Waals surface area contributed by atoms with E-state index in [0.717, 1.165) is 17.9 Å². The molecule has 0 spiro atoms. The second-order valence-electron chi connectivity index (χ2n) is 5.39. The van der Waals surface area contributed by atoms with Gasteiger partial charge in [0.1, 0.15) is 0 Å². The smallest absolute Gasteiger partial charge is 0.0931 e. The van der Waals surface area contributed by atoms with Crippen LogP contribution in [0.4, 0.5) is 5.69 Å². The molecule has 106 valence electrons. The Kier molecular flexibility index (Phi) is 4.77. The van der Waals surface area contributed by atoms with Crippen molar-refractivity contribution >= 4 is 5.69 Å². The lowest BCUT2D eigenvalue weighted by molar-refractivity contribution is 0.194. The molecule has 0 aromatic carbocycles. The van der Waals surface area contributed by atoms with E-state index < -0.39 is 6.10 Å². The Morgan fingerprint density at radius 2 is 2.11 bits per heavy atom. The zero-order valence-corrected chi connectivity index (χ0v) is 12.2. The highest BCUT2D eigenvalue weighted by molar-refractivity contribution is 5.45. The van der Waals surface area contributed by atoms with Crippen LogP contribution in [0.5, 0.6) is 0 Å². The van der Waals surface area contributed by atoms with E-state index in [1.807, 2.05) is 12.3 Å². The highest BCUT2D eigenvalue weighted by Gasteiger charge is 2.22. The van der Waals surface area contributed by atoms with Crippen molar-refractivity contribution in [3.05, 3.63) is 24.0 Å². The Labute approximate surface area is 116 Å². The fourth-order valence-electron chi connectivity index (χ4n) is 2.69. The summed E-state index contributed by atoms with van der Waals surface area (Å²) < 4.78 is 0. The van der Waals surface area contributed by atoms with Gasteiger partial charge >= 0.3 is 0 Å². The van der Waals surface area contributed by atoms with Crippen LogP contribution in [-0.2, 0) is 0 Å². The zero-order chi connectivity index (χ0) is 13.8. The van der Waals surface area contributed by atoms with Crippen molar-refractivity contribution in [1.29, 1.82) is 0 Å². The summed E-state index contributed by atoms with van der Waals surface area (Å²) in [4.78, 5) is 9.15. The maximum Gasteiger partial charge on any atom is 0.0931 e. The Morgan fingerprint density at radius 3 is 2.58 bits per heavy atom. The summed E-state index contributed by atoms with van der Waals surface area (Å²) in [6, 6.07) is 4.57. The molecule has 1 N–H and O–H groups in total. The lowest BCUT2D eigenvalue weighted by Crippen LogP contribution is -2.43. The first kappa shape index (κ1) is 14.3. The molecule has 0 unspecified atom stereocenters. The van der Waals surface area contributed by atoms with E-state index in [2.05, 4.69) is 34.8 Å². The molecule has 0 radical (unpaired) electrons. The third-order valence-electron chi connectivity index (χ3n) is 4.16. The maximum atomic E-state index is 9.48. The number of pyridine rings is 1. The summed E-state index contributed by atoms with van der Waals surface area (Å²) in [5.74, 6) is 0. The number of aromatic nitrogens is 1. The highest BCUT2D eigenvalue weighted by Crippen LogP contribution is 2.22. The van der Waals surface area contributed by atoms with E-state index in [9.17, 15) is 5.11 Å². The Balaban J connectivity index is 1.97. The Bertz CT molecular complexity index is 383. The van der Waals surface area contributed by atoms with Gasteiger partial charge in [-0.2, -0.15) is 0 Å². The van der Waals surface area contributed by atoms with Crippen LogP contribution in [0.3, 0.4) is 0 Å². The van der Waals surface area contributed by atoms with Gasteiger partial charge in [-0.3, -0.25) is 4.98 Å². The second kappa shape index (κ2) is 6.35. The number of hydrogen-bond donors (Lipinski definition) is 1. The van der Waals surface area contributed by atoms with Gasteiger partial charge in [0.15, 0.2) is 0 Å². The number of aliphatic hydroxyl groups excluding tert-OH is 1. The topological polar surface area (TPSA) is 39.6 Å². The van der Waals surface area contributed by atoms with Gasteiger partial charge in [0.05, 0.1) is 23.7 Å². The van der Waals surface area contributed by atoms with E-state index >= 15 is 0 Å². The average molecular weight is 263 g/mol. The molecule has 0 aliphatic carbocycles. The molecule has 19 heavy (non-hydrogen) atoms. The van der Waals surface area contributed by atoms with Gasteiger partial charge in [-0.15, -0.1) is 0 Å². The van der Waals surface area contributed by atoms with E-state index in [4.69, 9.17) is 0 Å². The molecule has 1 saturated heterocycles. The van der Waals surface area contributed by atoms with Gasteiger partial charge in [0.25, 0.3) is 0 Å². The minimum absolute atomic E-state index is 0.493. The number of piperidine rings is 1. The van der Waals surface area contributed by atoms with E-state index in [-0.39, 0.29) is 0 Å². The van der Waals surface area contributed by atoms with Crippen LogP contribution < -0.4 is 4.90 Å². The van der Waals surface area contributed by atoms with Crippen LogP contribution >= 0.6 is 0 Å². The normalized spacial score (nSPS) is 19.4. The maximum absolute atomic E-state index is 9.48. The van der Waals surface area contributed by atoms with Gasteiger partial charge < -0.3 is 14.9 Å². The number of hydrogen-bond acceptors (Lipinski definition) is 4. The predicted octanol–water partition coefficient (Wildman–Crippen LogP) is 2.06. The van der Waals surface area contributed by atoms with E-state index in [1.54, 1.807) is 6.92 Å². The van der Waals surface area contributed by atoms with Gasteiger partial charge in [-0.25, -0.2) is 0 Å². The standard InChI is InChI=1S/C15H25N3O/c1-4-18-9-7-13(8-10-18)17(3)14-5-6-15(12(2)19)16-11-14/h5-6,11-13,19H,4,7-10H2,1-3H3/t12-/m1/s1. The van der Waals surface area contributed by atoms with Crippen LogP contribution in [-0.4, -0.2) is 47.7 Å². The van der Waals surface area contributed by atoms with Crippen molar-refractivity contribution < 1.29 is 5.11 Å². The predicted molar refractivity (Wildman–Crippen MR) is 78.4 cm³/mol. The van der Waals surface area contributed by atoms with Gasteiger partial charge in [-0.1, -0.05) is 6.92 Å². The fraction of sp³-hybridized carbons (Fsp3) is 0.667. The highest BCUT2D eigenvalue weighted by atomic mass is 16.3. The Morgan fingerprint density at radius 1 is 1.42 bits per heavy atom. The lowest BCUT2D eigenvalue weighted by atomic mass is 10.0. The molecule has 2 rings (SSSR count). The summed E-state index contributed by atoms with van der Waals surface area (Å²) in [5, 5.41) is 9.48. The Hall–Kier alpha value is -1.13. The second-order valence-corrected chi connectivity index (χ2v) is 5.39. The summed E-state index contributed by atoms with van der Waals surface area (Å²) >= 11 is 0. The molecule has 1 aliphatic heterocycles. The summed E-state index contributed by atoms with van der Waals surface area (Å²) in [5.41, 5.74) is 1.87. The molecule has 4 heteroatoms. The van der Waals surface area contributed by atoms with Crippen molar-refractivity contribution in [2.45, 2.75) is 38.8 Å². The lowest BCUT2D eigenvalue weighted by Gasteiger charge is -2.37. The number of rotatable bonds is 4. The van der Waals surface area contributed by atoms with Crippen molar-refractivity contribution in [3.63, 3.8) is 0 Å². The van der Waals surface area contributed by atoms with Gasteiger partial charge in [0, 0.05) is 26.2 Å². The van der Waals surface area contributed by atoms with Gasteiger partial charge in [0.2, 0.25) is 0 Å². The first-order valence-electron chi connectivity index (χ1n) is 7.21. The number of likely N-dealkylation sites (tertiary alicyclic amines) is 1. The average Bonchev–Trinajstić information content (AvgIpc) is 2.46. The van der Waals surface area contributed by atoms with Crippen molar-refractivity contribution in [1.82, 2.24) is 9.88 Å². The fourth-order valence-corrected chi connectivity index (χ4v) is 2.69. The molecule has 0 saturated carbocycles. The number of nitrogens with zero attached hydrogens (tertiary/aromatic N) is 3. The summed E-state index contributed by atoms with van der Waals surface area (Å²) in [7, 11) is 2.14. The number of anilines is 1. The molecule has 0 amide bonds. The minimum atomic E-state index is -0.493. The van der Waals surface area contributed by atoms with Crippen molar-refractivity contribution in [2.24, 2.45) is 0 Å². The molecule has 1 fully saturated rings. The molecule has 0 bridgehead atoms. The molecule has 1 aromatic rings. The molecule has 2 heterocycles. The summed E-state index contributed by atoms with van der Waals surface area (Å²) in [6.07, 6.45) is 3.80. The molecular formula is C15H25N3O. The molecule has 4 nitrogen and oxygen atoms in total. The quantitative estimate of drug-likeness (QED) is 0.902. The van der Waals surface area contributed by atoms with E-state index in [0.29, 0.717) is 6.04 Å². The molecule has 1 aliphatic rings. The molecular weight excluding hydrogens is 238 g/mol.